The predicted molar refractivity (Wildman–Crippen MR) is 76.6 cm³/mol. The van der Waals surface area contributed by atoms with Crippen molar-refractivity contribution in [2.24, 2.45) is 0 Å². The highest BCUT2D eigenvalue weighted by Crippen LogP contribution is 2.24. The second-order valence-electron chi connectivity index (χ2n) is 5.03. The summed E-state index contributed by atoms with van der Waals surface area (Å²) in [6.45, 7) is 4.95. The Morgan fingerprint density at radius 2 is 1.95 bits per heavy atom. The Bertz CT molecular complexity index is 506. The van der Waals surface area contributed by atoms with Crippen LogP contribution >= 0.6 is 0 Å². The molecular formula is C16H19N2O. The summed E-state index contributed by atoms with van der Waals surface area (Å²) in [7, 11) is 0. The molecule has 3 nitrogen and oxygen atoms in total. The van der Waals surface area contributed by atoms with E-state index in [-0.39, 0.29) is 12.1 Å². The van der Waals surface area contributed by atoms with E-state index in [4.69, 9.17) is 5.11 Å². The first kappa shape index (κ1) is 13.7. The average Bonchev–Trinajstić information content (AvgIpc) is 2.46. The molecular weight excluding hydrogens is 236 g/mol. The Kier molecular flexibility index (Phi) is 4.30. The minimum Gasteiger partial charge on any atom is -0.395 e. The van der Waals surface area contributed by atoms with Crippen LogP contribution in [0.3, 0.4) is 0 Å². The molecule has 1 heterocycles. The second-order valence-corrected chi connectivity index (χ2v) is 5.03. The summed E-state index contributed by atoms with van der Waals surface area (Å²) in [5.41, 5.74) is 3.24. The average molecular weight is 255 g/mol. The van der Waals surface area contributed by atoms with E-state index in [1.165, 1.54) is 5.56 Å². The molecule has 99 valence electrons. The van der Waals surface area contributed by atoms with Crippen molar-refractivity contribution in [1.29, 1.82) is 0 Å². The van der Waals surface area contributed by atoms with Crippen LogP contribution in [0.25, 0.3) is 11.1 Å². The number of hydrogen-bond acceptors (Lipinski definition) is 3. The van der Waals surface area contributed by atoms with E-state index >= 15 is 0 Å². The maximum absolute atomic E-state index is 8.90. The lowest BCUT2D eigenvalue weighted by Crippen LogP contribution is -2.38. The van der Waals surface area contributed by atoms with Gasteiger partial charge < -0.3 is 10.4 Å². The van der Waals surface area contributed by atoms with Crippen molar-refractivity contribution in [2.75, 3.05) is 13.2 Å². The number of nitrogens with one attached hydrogen (secondary N) is 1. The number of pyridine rings is 1. The smallest absolute Gasteiger partial charge is 0.0556 e. The van der Waals surface area contributed by atoms with E-state index in [2.05, 4.69) is 54.5 Å². The standard InChI is InChI=1S/C16H19N2O/c1-16(2,18-10-11-19)15-7-5-13(6-8-15)14-4-3-9-17-12-14/h4-9,12,18-19H,10-11H2,1-2H3. The first-order valence-electron chi connectivity index (χ1n) is 6.41. The lowest BCUT2D eigenvalue weighted by atomic mass is 9.92. The third-order valence-corrected chi connectivity index (χ3v) is 3.22. The molecule has 0 aliphatic carbocycles. The number of aromatic nitrogens is 1. The van der Waals surface area contributed by atoms with E-state index in [1.807, 2.05) is 12.3 Å². The molecule has 0 saturated carbocycles. The molecule has 0 aliphatic rings. The lowest BCUT2D eigenvalue weighted by Gasteiger charge is -2.27. The summed E-state index contributed by atoms with van der Waals surface area (Å²) in [6.07, 6.45) is 3.49. The van der Waals surface area contributed by atoms with Crippen LogP contribution in [0.5, 0.6) is 0 Å². The molecule has 1 radical (unpaired) electrons. The largest absolute Gasteiger partial charge is 0.395 e. The number of aliphatic hydroxyl groups is 1. The van der Waals surface area contributed by atoms with Crippen molar-refractivity contribution in [3.8, 4) is 11.1 Å². The van der Waals surface area contributed by atoms with Crippen LogP contribution in [-0.2, 0) is 5.54 Å². The van der Waals surface area contributed by atoms with Gasteiger partial charge in [-0.25, -0.2) is 0 Å². The van der Waals surface area contributed by atoms with Gasteiger partial charge >= 0.3 is 0 Å². The van der Waals surface area contributed by atoms with Crippen LogP contribution in [0.15, 0.2) is 42.7 Å². The van der Waals surface area contributed by atoms with E-state index < -0.39 is 0 Å². The number of nitrogens with zero attached hydrogens (tertiary/aromatic N) is 1. The van der Waals surface area contributed by atoms with Gasteiger partial charge in [-0.3, -0.25) is 4.98 Å². The van der Waals surface area contributed by atoms with Crippen molar-refractivity contribution in [1.82, 2.24) is 10.3 Å². The third-order valence-electron chi connectivity index (χ3n) is 3.22. The van der Waals surface area contributed by atoms with Crippen molar-refractivity contribution in [2.45, 2.75) is 19.4 Å². The normalized spacial score (nSPS) is 11.5. The summed E-state index contributed by atoms with van der Waals surface area (Å²) < 4.78 is 0. The second kappa shape index (κ2) is 5.95. The fourth-order valence-corrected chi connectivity index (χ4v) is 2.03. The van der Waals surface area contributed by atoms with Crippen molar-refractivity contribution >= 4 is 0 Å². The van der Waals surface area contributed by atoms with Gasteiger partial charge in [0.05, 0.1) is 6.61 Å². The highest BCUT2D eigenvalue weighted by atomic mass is 16.3. The summed E-state index contributed by atoms with van der Waals surface area (Å²) in [4.78, 5) is 4.08. The van der Waals surface area contributed by atoms with Crippen LogP contribution in [0, 0.1) is 6.07 Å². The molecule has 0 atom stereocenters. The molecule has 0 unspecified atom stereocenters. The molecule has 2 aromatic rings. The SMILES string of the molecule is CC(C)(NCCO)c1ccc(-c2c[c]cnc2)cc1. The Labute approximate surface area is 114 Å². The molecule has 2 N–H and O–H groups in total. The Balaban J connectivity index is 2.19. The van der Waals surface area contributed by atoms with Gasteiger partial charge in [0.2, 0.25) is 0 Å². The Hall–Kier alpha value is -1.71. The van der Waals surface area contributed by atoms with Crippen LogP contribution in [-0.4, -0.2) is 23.2 Å². The molecule has 0 bridgehead atoms. The highest BCUT2D eigenvalue weighted by molar-refractivity contribution is 5.62. The van der Waals surface area contributed by atoms with Gasteiger partial charge in [0.15, 0.2) is 0 Å². The molecule has 2 rings (SSSR count). The van der Waals surface area contributed by atoms with Crippen LogP contribution in [0.1, 0.15) is 19.4 Å². The highest BCUT2D eigenvalue weighted by Gasteiger charge is 2.18. The lowest BCUT2D eigenvalue weighted by molar-refractivity contribution is 0.267. The van der Waals surface area contributed by atoms with Crippen LogP contribution in [0.4, 0.5) is 0 Å². The molecule has 0 fully saturated rings. The quantitative estimate of drug-likeness (QED) is 0.862. The minimum atomic E-state index is -0.150. The fourth-order valence-electron chi connectivity index (χ4n) is 2.03. The summed E-state index contributed by atoms with van der Waals surface area (Å²) in [6, 6.07) is 13.3. The fraction of sp³-hybridized carbons (Fsp3) is 0.312. The van der Waals surface area contributed by atoms with E-state index in [1.54, 1.807) is 6.20 Å². The van der Waals surface area contributed by atoms with Gasteiger partial charge in [0.25, 0.3) is 0 Å². The van der Waals surface area contributed by atoms with Gasteiger partial charge in [0, 0.05) is 36.1 Å². The molecule has 0 amide bonds. The summed E-state index contributed by atoms with van der Waals surface area (Å²) >= 11 is 0. The molecule has 0 spiro atoms. The maximum Gasteiger partial charge on any atom is 0.0556 e. The molecule has 1 aromatic carbocycles. The minimum absolute atomic E-state index is 0.146. The molecule has 3 heteroatoms. The van der Waals surface area contributed by atoms with Crippen molar-refractivity contribution in [3.05, 3.63) is 54.4 Å². The zero-order chi connectivity index (χ0) is 13.7. The maximum atomic E-state index is 8.90. The molecule has 0 saturated heterocycles. The van der Waals surface area contributed by atoms with Crippen LogP contribution in [0.2, 0.25) is 0 Å². The third kappa shape index (κ3) is 3.40. The van der Waals surface area contributed by atoms with Crippen LogP contribution < -0.4 is 5.32 Å². The Morgan fingerprint density at radius 3 is 2.53 bits per heavy atom. The van der Waals surface area contributed by atoms with E-state index in [9.17, 15) is 0 Å². The van der Waals surface area contributed by atoms with Crippen molar-refractivity contribution < 1.29 is 5.11 Å². The van der Waals surface area contributed by atoms with E-state index in [0.717, 1.165) is 11.1 Å². The summed E-state index contributed by atoms with van der Waals surface area (Å²) in [5, 5.41) is 12.2. The number of hydrogen-bond donors (Lipinski definition) is 2. The monoisotopic (exact) mass is 255 g/mol. The zero-order valence-electron chi connectivity index (χ0n) is 11.4. The zero-order valence-corrected chi connectivity index (χ0v) is 11.4. The van der Waals surface area contributed by atoms with Gasteiger partial charge in [-0.2, -0.15) is 0 Å². The molecule has 1 aromatic heterocycles. The first-order valence-corrected chi connectivity index (χ1v) is 6.41. The first-order chi connectivity index (χ1) is 9.13. The van der Waals surface area contributed by atoms with Crippen molar-refractivity contribution in [3.63, 3.8) is 0 Å². The van der Waals surface area contributed by atoms with Gasteiger partial charge in [0.1, 0.15) is 0 Å². The Morgan fingerprint density at radius 1 is 1.21 bits per heavy atom. The molecule has 0 aliphatic heterocycles. The van der Waals surface area contributed by atoms with E-state index in [0.29, 0.717) is 6.54 Å². The number of rotatable bonds is 5. The number of benzene rings is 1. The van der Waals surface area contributed by atoms with Gasteiger partial charge in [-0.05, 0) is 31.0 Å². The number of aliphatic hydroxyl groups excluding tert-OH is 1. The molecule has 19 heavy (non-hydrogen) atoms. The van der Waals surface area contributed by atoms with Gasteiger partial charge in [-0.1, -0.05) is 24.3 Å². The van der Waals surface area contributed by atoms with Gasteiger partial charge in [-0.15, -0.1) is 0 Å². The summed E-state index contributed by atoms with van der Waals surface area (Å²) in [5.74, 6) is 0. The predicted octanol–water partition coefficient (Wildman–Crippen LogP) is 2.37. The topological polar surface area (TPSA) is 45.1 Å².